The molecule has 0 fully saturated rings. The maximum Gasteiger partial charge on any atom is 0.347 e. The molecular weight excluding hydrogens is 410 g/mol. The van der Waals surface area contributed by atoms with E-state index in [9.17, 15) is 9.59 Å². The van der Waals surface area contributed by atoms with Crippen LogP contribution in [0.15, 0.2) is 46.9 Å². The van der Waals surface area contributed by atoms with Crippen molar-refractivity contribution in [3.63, 3.8) is 0 Å². The van der Waals surface area contributed by atoms with Gasteiger partial charge in [0.1, 0.15) is 5.75 Å². The molecule has 1 N–H and O–H groups in total. The van der Waals surface area contributed by atoms with Gasteiger partial charge >= 0.3 is 5.97 Å². The minimum atomic E-state index is -0.777. The zero-order valence-electron chi connectivity index (χ0n) is 13.7. The summed E-state index contributed by atoms with van der Waals surface area (Å²) in [5, 5.41) is 3.04. The lowest BCUT2D eigenvalue weighted by atomic mass is 10.2. The summed E-state index contributed by atoms with van der Waals surface area (Å²) in [4.78, 5) is 23.8. The van der Waals surface area contributed by atoms with Crippen molar-refractivity contribution in [1.29, 1.82) is 0 Å². The third kappa shape index (κ3) is 5.47. The molecule has 5 nitrogen and oxygen atoms in total. The summed E-state index contributed by atoms with van der Waals surface area (Å²) in [6.45, 7) is 3.58. The molecule has 0 saturated heterocycles. The molecule has 0 saturated carbocycles. The highest BCUT2D eigenvalue weighted by Gasteiger charge is 2.17. The predicted molar refractivity (Wildman–Crippen MR) is 100 cm³/mol. The third-order valence-electron chi connectivity index (χ3n) is 3.22. The van der Waals surface area contributed by atoms with E-state index in [-0.39, 0.29) is 17.5 Å². The van der Waals surface area contributed by atoms with Gasteiger partial charge in [0.2, 0.25) is 0 Å². The molecule has 0 aromatic heterocycles. The second-order valence-electron chi connectivity index (χ2n) is 5.12. The first-order chi connectivity index (χ1) is 11.9. The van der Waals surface area contributed by atoms with Crippen molar-refractivity contribution >= 4 is 45.1 Å². The normalized spacial score (nSPS) is 11.5. The Kier molecular flexibility index (Phi) is 6.84. The van der Waals surface area contributed by atoms with E-state index in [4.69, 9.17) is 21.1 Å². The molecule has 1 atom stereocenters. The Morgan fingerprint density at radius 3 is 2.48 bits per heavy atom. The molecule has 0 heterocycles. The molecule has 0 bridgehead atoms. The Morgan fingerprint density at radius 1 is 1.20 bits per heavy atom. The number of benzene rings is 2. The van der Waals surface area contributed by atoms with Gasteiger partial charge in [-0.25, -0.2) is 4.79 Å². The summed E-state index contributed by atoms with van der Waals surface area (Å²) in [7, 11) is 0. The lowest BCUT2D eigenvalue weighted by Gasteiger charge is -2.15. The highest BCUT2D eigenvalue weighted by atomic mass is 79.9. The van der Waals surface area contributed by atoms with Crippen LogP contribution in [0.1, 0.15) is 24.2 Å². The van der Waals surface area contributed by atoms with E-state index in [0.717, 1.165) is 4.47 Å². The fraction of sp³-hybridized carbons (Fsp3) is 0.222. The van der Waals surface area contributed by atoms with Crippen LogP contribution in [0.25, 0.3) is 0 Å². The van der Waals surface area contributed by atoms with Crippen molar-refractivity contribution in [3.8, 4) is 5.75 Å². The van der Waals surface area contributed by atoms with Crippen LogP contribution in [-0.4, -0.2) is 24.6 Å². The monoisotopic (exact) mass is 425 g/mol. The van der Waals surface area contributed by atoms with Gasteiger partial charge in [0, 0.05) is 15.7 Å². The van der Waals surface area contributed by atoms with Gasteiger partial charge in [0.15, 0.2) is 6.10 Å². The molecule has 2 rings (SSSR count). The Bertz CT molecular complexity index is 764. The van der Waals surface area contributed by atoms with Crippen molar-refractivity contribution in [1.82, 2.24) is 0 Å². The van der Waals surface area contributed by atoms with Gasteiger partial charge in [-0.3, -0.25) is 4.79 Å². The molecule has 0 aliphatic carbocycles. The number of amides is 1. The Labute approximate surface area is 159 Å². The van der Waals surface area contributed by atoms with Crippen molar-refractivity contribution in [3.05, 3.63) is 57.5 Å². The SMILES string of the molecule is CCOC(=O)C(C)Oc1ccc(NC(=O)c2ccc(Br)cc2)cc1Cl. The first kappa shape index (κ1) is 19.3. The number of halogens is 2. The Balaban J connectivity index is 2.04. The summed E-state index contributed by atoms with van der Waals surface area (Å²) in [5.41, 5.74) is 1.05. The predicted octanol–water partition coefficient (Wildman–Crippen LogP) is 4.69. The fourth-order valence-electron chi connectivity index (χ4n) is 1.98. The molecule has 1 unspecified atom stereocenters. The van der Waals surface area contributed by atoms with Crippen LogP contribution in [0.5, 0.6) is 5.75 Å². The van der Waals surface area contributed by atoms with Crippen LogP contribution in [-0.2, 0) is 9.53 Å². The van der Waals surface area contributed by atoms with Gasteiger partial charge in [0.25, 0.3) is 5.91 Å². The van der Waals surface area contributed by atoms with Crippen molar-refractivity contribution in [2.24, 2.45) is 0 Å². The van der Waals surface area contributed by atoms with Crippen LogP contribution >= 0.6 is 27.5 Å². The highest BCUT2D eigenvalue weighted by Crippen LogP contribution is 2.29. The number of carbonyl (C=O) groups excluding carboxylic acids is 2. The van der Waals surface area contributed by atoms with Crippen molar-refractivity contribution in [2.75, 3.05) is 11.9 Å². The molecule has 1 amide bonds. The van der Waals surface area contributed by atoms with Gasteiger partial charge in [-0.1, -0.05) is 27.5 Å². The number of nitrogens with one attached hydrogen (secondary N) is 1. The Hall–Kier alpha value is -2.05. The lowest BCUT2D eigenvalue weighted by molar-refractivity contribution is -0.150. The number of carbonyl (C=O) groups is 2. The first-order valence-corrected chi connectivity index (χ1v) is 8.77. The first-order valence-electron chi connectivity index (χ1n) is 7.60. The quantitative estimate of drug-likeness (QED) is 0.681. The van der Waals surface area contributed by atoms with Gasteiger partial charge in [-0.15, -0.1) is 0 Å². The maximum absolute atomic E-state index is 12.2. The summed E-state index contributed by atoms with van der Waals surface area (Å²) in [5.74, 6) is -0.382. The van der Waals surface area contributed by atoms with E-state index in [2.05, 4.69) is 21.2 Å². The van der Waals surface area contributed by atoms with E-state index < -0.39 is 12.1 Å². The molecule has 0 spiro atoms. The standard InChI is InChI=1S/C18H17BrClNO4/c1-3-24-18(23)11(2)25-16-9-8-14(10-15(16)20)21-17(22)12-4-6-13(19)7-5-12/h4-11H,3H2,1-2H3,(H,21,22). The van der Waals surface area contributed by atoms with Crippen LogP contribution in [0.3, 0.4) is 0 Å². The van der Waals surface area contributed by atoms with E-state index in [1.54, 1.807) is 56.3 Å². The smallest absolute Gasteiger partial charge is 0.347 e. The van der Waals surface area contributed by atoms with Gasteiger partial charge in [-0.2, -0.15) is 0 Å². The molecule has 0 aliphatic heterocycles. The zero-order valence-corrected chi connectivity index (χ0v) is 16.1. The number of ether oxygens (including phenoxy) is 2. The van der Waals surface area contributed by atoms with Gasteiger partial charge in [-0.05, 0) is 56.3 Å². The molecule has 0 aliphatic rings. The second-order valence-corrected chi connectivity index (χ2v) is 6.44. The minimum absolute atomic E-state index is 0.253. The maximum atomic E-state index is 12.2. The van der Waals surface area contributed by atoms with E-state index >= 15 is 0 Å². The highest BCUT2D eigenvalue weighted by molar-refractivity contribution is 9.10. The number of rotatable bonds is 6. The summed E-state index contributed by atoms with van der Waals surface area (Å²) < 4.78 is 11.3. The third-order valence-corrected chi connectivity index (χ3v) is 4.04. The number of anilines is 1. The molecule has 132 valence electrons. The topological polar surface area (TPSA) is 64.6 Å². The zero-order chi connectivity index (χ0) is 18.4. The molecule has 2 aromatic carbocycles. The van der Waals surface area contributed by atoms with E-state index in [1.165, 1.54) is 0 Å². The van der Waals surface area contributed by atoms with Gasteiger partial charge in [0.05, 0.1) is 11.6 Å². The van der Waals surface area contributed by atoms with Crippen molar-refractivity contribution in [2.45, 2.75) is 20.0 Å². The molecular formula is C18H17BrClNO4. The number of hydrogen-bond donors (Lipinski definition) is 1. The van der Waals surface area contributed by atoms with Crippen LogP contribution in [0.4, 0.5) is 5.69 Å². The summed E-state index contributed by atoms with van der Waals surface area (Å²) >= 11 is 9.49. The van der Waals surface area contributed by atoms with E-state index in [0.29, 0.717) is 17.0 Å². The summed E-state index contributed by atoms with van der Waals surface area (Å²) in [6, 6.07) is 11.8. The average Bonchev–Trinajstić information content (AvgIpc) is 2.58. The number of esters is 1. The largest absolute Gasteiger partial charge is 0.477 e. The molecule has 25 heavy (non-hydrogen) atoms. The minimum Gasteiger partial charge on any atom is -0.477 e. The van der Waals surface area contributed by atoms with Gasteiger partial charge < -0.3 is 14.8 Å². The average molecular weight is 427 g/mol. The number of hydrogen-bond acceptors (Lipinski definition) is 4. The van der Waals surface area contributed by atoms with Crippen LogP contribution < -0.4 is 10.1 Å². The Morgan fingerprint density at radius 2 is 1.88 bits per heavy atom. The molecule has 7 heteroatoms. The van der Waals surface area contributed by atoms with Crippen molar-refractivity contribution < 1.29 is 19.1 Å². The molecule has 2 aromatic rings. The van der Waals surface area contributed by atoms with Crippen LogP contribution in [0, 0.1) is 0 Å². The second kappa shape index (κ2) is 8.87. The fourth-order valence-corrected chi connectivity index (χ4v) is 2.47. The van der Waals surface area contributed by atoms with E-state index in [1.807, 2.05) is 0 Å². The molecule has 0 radical (unpaired) electrons. The van der Waals surface area contributed by atoms with Crippen LogP contribution in [0.2, 0.25) is 5.02 Å². The summed E-state index contributed by atoms with van der Waals surface area (Å²) in [6.07, 6.45) is -0.777. The lowest BCUT2D eigenvalue weighted by Crippen LogP contribution is -2.26.